The minimum atomic E-state index is -1.50. The Morgan fingerprint density at radius 2 is 1.90 bits per heavy atom. The van der Waals surface area contributed by atoms with Gasteiger partial charge < -0.3 is 40.7 Å². The van der Waals surface area contributed by atoms with E-state index in [4.69, 9.17) is 20.3 Å². The van der Waals surface area contributed by atoms with Gasteiger partial charge in [0.1, 0.15) is 24.4 Å². The summed E-state index contributed by atoms with van der Waals surface area (Å²) >= 11 is 0. The molecule has 0 aromatic carbocycles. The molecule has 1 heterocycles. The summed E-state index contributed by atoms with van der Waals surface area (Å²) in [4.78, 5) is 0. The van der Waals surface area contributed by atoms with E-state index in [1.165, 1.54) is 6.08 Å². The van der Waals surface area contributed by atoms with Crippen LogP contribution >= 0.6 is 0 Å². The van der Waals surface area contributed by atoms with E-state index in [2.05, 4.69) is 0 Å². The fourth-order valence-electron chi connectivity index (χ4n) is 1.85. The number of rotatable bonds is 6. The summed E-state index contributed by atoms with van der Waals surface area (Å²) in [6, 6.07) is -0.737. The molecular weight excluding hydrogens is 270 g/mol. The highest BCUT2D eigenvalue weighted by molar-refractivity contribution is 4.92. The third kappa shape index (κ3) is 4.21. The number of hydrogen-bond acceptors (Lipinski definition) is 8. The number of aliphatic hydroxyl groups excluding tert-OH is 5. The number of nitrogens with two attached hydrogens (primary N) is 1. The first-order valence-electron chi connectivity index (χ1n) is 6.41. The van der Waals surface area contributed by atoms with Crippen LogP contribution in [0.25, 0.3) is 0 Å². The van der Waals surface area contributed by atoms with Gasteiger partial charge in [0.05, 0.1) is 25.4 Å². The summed E-state index contributed by atoms with van der Waals surface area (Å²) in [6.07, 6.45) is -4.47. The van der Waals surface area contributed by atoms with Crippen LogP contribution in [-0.4, -0.2) is 81.6 Å². The molecule has 1 fully saturated rings. The molecule has 1 aliphatic heterocycles. The third-order valence-corrected chi connectivity index (χ3v) is 3.13. The first-order chi connectivity index (χ1) is 9.42. The van der Waals surface area contributed by atoms with Gasteiger partial charge in [0.25, 0.3) is 0 Å². The first kappa shape index (κ1) is 17.5. The third-order valence-electron chi connectivity index (χ3n) is 3.13. The molecule has 1 rings (SSSR count). The fraction of sp³-hybridized carbons (Fsp3) is 0.833. The summed E-state index contributed by atoms with van der Waals surface area (Å²) in [6.45, 7) is 1.07. The Morgan fingerprint density at radius 3 is 2.45 bits per heavy atom. The van der Waals surface area contributed by atoms with Crippen molar-refractivity contribution in [1.29, 1.82) is 0 Å². The second kappa shape index (κ2) is 8.01. The molecule has 0 spiro atoms. The van der Waals surface area contributed by atoms with Crippen LogP contribution in [0.3, 0.4) is 0 Å². The summed E-state index contributed by atoms with van der Waals surface area (Å²) in [5, 5.41) is 47.5. The van der Waals surface area contributed by atoms with Crippen LogP contribution in [0.5, 0.6) is 0 Å². The summed E-state index contributed by atoms with van der Waals surface area (Å²) in [7, 11) is 0. The maximum absolute atomic E-state index is 9.72. The highest BCUT2D eigenvalue weighted by Gasteiger charge is 2.44. The molecule has 0 bridgehead atoms. The maximum atomic E-state index is 9.72. The van der Waals surface area contributed by atoms with Crippen molar-refractivity contribution in [1.82, 2.24) is 0 Å². The van der Waals surface area contributed by atoms with E-state index in [9.17, 15) is 20.4 Å². The van der Waals surface area contributed by atoms with Gasteiger partial charge >= 0.3 is 0 Å². The predicted molar refractivity (Wildman–Crippen MR) is 68.5 cm³/mol. The molecule has 20 heavy (non-hydrogen) atoms. The van der Waals surface area contributed by atoms with Crippen molar-refractivity contribution in [2.75, 3.05) is 13.2 Å². The largest absolute Gasteiger partial charge is 0.394 e. The van der Waals surface area contributed by atoms with E-state index in [-0.39, 0.29) is 6.61 Å². The van der Waals surface area contributed by atoms with Crippen molar-refractivity contribution in [2.24, 2.45) is 5.73 Å². The van der Waals surface area contributed by atoms with Crippen LogP contribution in [0.1, 0.15) is 6.92 Å². The van der Waals surface area contributed by atoms with E-state index in [1.54, 1.807) is 13.0 Å². The molecule has 0 saturated carbocycles. The molecule has 8 nitrogen and oxygen atoms in total. The van der Waals surface area contributed by atoms with Gasteiger partial charge in [0.2, 0.25) is 0 Å². The predicted octanol–water partition coefficient (Wildman–Crippen LogP) is -2.93. The molecule has 0 aromatic rings. The van der Waals surface area contributed by atoms with Crippen molar-refractivity contribution in [3.63, 3.8) is 0 Å². The lowest BCUT2D eigenvalue weighted by molar-refractivity contribution is -0.302. The SMILES string of the molecule is C/C=C/[C@@H](O)[C@@H](N)CO[C@H]1OC(CO)[C@@H](O)C(O)C1O. The lowest BCUT2D eigenvalue weighted by Gasteiger charge is -2.39. The van der Waals surface area contributed by atoms with Crippen LogP contribution in [0.2, 0.25) is 0 Å². The second-order valence-electron chi connectivity index (χ2n) is 4.71. The van der Waals surface area contributed by atoms with Gasteiger partial charge in [-0.05, 0) is 6.92 Å². The average molecular weight is 293 g/mol. The van der Waals surface area contributed by atoms with Crippen LogP contribution in [0.4, 0.5) is 0 Å². The van der Waals surface area contributed by atoms with Gasteiger partial charge in [-0.3, -0.25) is 0 Å². The van der Waals surface area contributed by atoms with Crippen LogP contribution < -0.4 is 5.73 Å². The molecule has 0 aliphatic carbocycles. The van der Waals surface area contributed by atoms with Crippen LogP contribution in [0.15, 0.2) is 12.2 Å². The Bertz CT molecular complexity index is 312. The van der Waals surface area contributed by atoms with E-state index < -0.39 is 49.5 Å². The Hall–Kier alpha value is -0.580. The number of hydrogen-bond donors (Lipinski definition) is 6. The number of ether oxygens (including phenoxy) is 2. The molecular formula is C12H23NO7. The fourth-order valence-corrected chi connectivity index (χ4v) is 1.85. The number of aliphatic hydroxyl groups is 5. The summed E-state index contributed by atoms with van der Waals surface area (Å²) in [5.41, 5.74) is 5.67. The zero-order chi connectivity index (χ0) is 15.3. The van der Waals surface area contributed by atoms with Crippen molar-refractivity contribution >= 4 is 0 Å². The zero-order valence-corrected chi connectivity index (χ0v) is 11.2. The minimum absolute atomic E-state index is 0.131. The quantitative estimate of drug-likeness (QED) is 0.285. The van der Waals surface area contributed by atoms with Gasteiger partial charge in [-0.15, -0.1) is 0 Å². The second-order valence-corrected chi connectivity index (χ2v) is 4.71. The Labute approximate surface area is 117 Å². The topological polar surface area (TPSA) is 146 Å². The molecule has 7 N–H and O–H groups in total. The summed E-state index contributed by atoms with van der Waals surface area (Å²) < 4.78 is 10.3. The van der Waals surface area contributed by atoms with Crippen LogP contribution in [0, 0.1) is 0 Å². The molecule has 7 atom stereocenters. The van der Waals surface area contributed by atoms with Gasteiger partial charge in [0, 0.05) is 0 Å². The molecule has 3 unspecified atom stereocenters. The maximum Gasteiger partial charge on any atom is 0.186 e. The van der Waals surface area contributed by atoms with Crippen molar-refractivity contribution in [3.05, 3.63) is 12.2 Å². The minimum Gasteiger partial charge on any atom is -0.394 e. The monoisotopic (exact) mass is 293 g/mol. The van der Waals surface area contributed by atoms with Crippen molar-refractivity contribution < 1.29 is 35.0 Å². The first-order valence-corrected chi connectivity index (χ1v) is 6.41. The van der Waals surface area contributed by atoms with Gasteiger partial charge in [-0.25, -0.2) is 0 Å². The number of allylic oxidation sites excluding steroid dienone is 1. The Kier molecular flexibility index (Phi) is 7.00. The molecule has 0 amide bonds. The standard InChI is InChI=1S/C12H23NO7/c1-2-3-7(15)6(13)5-19-12-11(18)10(17)9(16)8(4-14)20-12/h2-3,6-12,14-18H,4-5,13H2,1H3/b3-2+/t6-,7+,8?,9+,10?,11?,12-/m0/s1. The molecule has 0 radical (unpaired) electrons. The van der Waals surface area contributed by atoms with Gasteiger partial charge in [-0.1, -0.05) is 12.2 Å². The highest BCUT2D eigenvalue weighted by Crippen LogP contribution is 2.22. The highest BCUT2D eigenvalue weighted by atomic mass is 16.7. The Morgan fingerprint density at radius 1 is 1.25 bits per heavy atom. The molecule has 1 aliphatic rings. The van der Waals surface area contributed by atoms with E-state index in [1.807, 2.05) is 0 Å². The smallest absolute Gasteiger partial charge is 0.186 e. The van der Waals surface area contributed by atoms with E-state index in [0.717, 1.165) is 0 Å². The average Bonchev–Trinajstić information content (AvgIpc) is 2.44. The zero-order valence-electron chi connectivity index (χ0n) is 11.2. The molecule has 0 aromatic heterocycles. The van der Waals surface area contributed by atoms with E-state index >= 15 is 0 Å². The van der Waals surface area contributed by atoms with Crippen molar-refractivity contribution in [2.45, 2.75) is 49.8 Å². The molecule has 8 heteroatoms. The van der Waals surface area contributed by atoms with Gasteiger partial charge in [-0.2, -0.15) is 0 Å². The lowest BCUT2D eigenvalue weighted by Crippen LogP contribution is -2.59. The van der Waals surface area contributed by atoms with E-state index in [0.29, 0.717) is 0 Å². The van der Waals surface area contributed by atoms with Crippen LogP contribution in [-0.2, 0) is 9.47 Å². The molecule has 1 saturated heterocycles. The Balaban J connectivity index is 2.54. The van der Waals surface area contributed by atoms with Gasteiger partial charge in [0.15, 0.2) is 6.29 Å². The summed E-state index contributed by atoms with van der Waals surface area (Å²) in [5.74, 6) is 0. The lowest BCUT2D eigenvalue weighted by atomic mass is 9.99. The molecule has 118 valence electrons. The normalized spacial score (nSPS) is 38.0. The van der Waals surface area contributed by atoms with Crippen molar-refractivity contribution in [3.8, 4) is 0 Å².